The number of hydrogen-bond acceptors (Lipinski definition) is 5. The molecule has 17 heavy (non-hydrogen) atoms. The molecular weight excluding hydrogens is 250 g/mol. The zero-order chi connectivity index (χ0) is 11.8. The molecule has 3 nitrogen and oxygen atoms in total. The van der Waals surface area contributed by atoms with Crippen LogP contribution in [0, 0.1) is 0 Å². The van der Waals surface area contributed by atoms with E-state index in [4.69, 9.17) is 11.5 Å². The minimum atomic E-state index is 0.754. The van der Waals surface area contributed by atoms with E-state index in [0.717, 1.165) is 32.9 Å². The quantitative estimate of drug-likeness (QED) is 0.745. The van der Waals surface area contributed by atoms with E-state index in [2.05, 4.69) is 16.4 Å². The molecule has 3 aromatic rings. The Morgan fingerprint density at radius 2 is 2.12 bits per heavy atom. The molecule has 0 saturated carbocycles. The number of pyridine rings is 1. The first kappa shape index (κ1) is 10.6. The van der Waals surface area contributed by atoms with Crippen molar-refractivity contribution < 1.29 is 0 Å². The monoisotopic (exact) mass is 261 g/mol. The molecule has 0 unspecified atom stereocenters. The number of hydrogen-bond donors (Lipinski definition) is 2. The molecule has 0 fully saturated rings. The Balaban J connectivity index is 2.16. The van der Waals surface area contributed by atoms with E-state index in [1.807, 2.05) is 12.1 Å². The highest BCUT2D eigenvalue weighted by atomic mass is 32.1. The van der Waals surface area contributed by atoms with Crippen LogP contribution < -0.4 is 11.5 Å². The number of thiophene rings is 2. The van der Waals surface area contributed by atoms with Gasteiger partial charge in [0.25, 0.3) is 0 Å². The molecule has 0 amide bonds. The van der Waals surface area contributed by atoms with Gasteiger partial charge in [0.2, 0.25) is 0 Å². The molecule has 0 radical (unpaired) electrons. The lowest BCUT2D eigenvalue weighted by molar-refractivity contribution is 1.26. The van der Waals surface area contributed by atoms with Gasteiger partial charge in [-0.2, -0.15) is 0 Å². The third-order valence-corrected chi connectivity index (χ3v) is 4.64. The van der Waals surface area contributed by atoms with Crippen LogP contribution >= 0.6 is 22.7 Å². The molecule has 0 aromatic carbocycles. The minimum absolute atomic E-state index is 0.754. The first-order chi connectivity index (χ1) is 8.25. The van der Waals surface area contributed by atoms with Crippen molar-refractivity contribution in [1.29, 1.82) is 0 Å². The van der Waals surface area contributed by atoms with Gasteiger partial charge in [0.1, 0.15) is 0 Å². The molecule has 5 heteroatoms. The number of aromatic nitrogens is 1. The summed E-state index contributed by atoms with van der Waals surface area (Å²) in [5, 5.41) is 2.89. The zero-order valence-corrected chi connectivity index (χ0v) is 10.6. The summed E-state index contributed by atoms with van der Waals surface area (Å²) in [6, 6.07) is 5.97. The van der Waals surface area contributed by atoms with Crippen molar-refractivity contribution in [3.8, 4) is 0 Å². The average Bonchev–Trinajstić information content (AvgIpc) is 2.91. The topological polar surface area (TPSA) is 64.9 Å². The third-order valence-electron chi connectivity index (χ3n) is 2.66. The second kappa shape index (κ2) is 4.01. The standard InChI is InChI=1S/C12H11N3S2/c13-9-3-4-15-10-8(12(14)17-11(9)10)6-7-2-1-5-16-7/h1-5H,6,14H2,(H2,13,15). The fraction of sp³-hybridized carbons (Fsp3) is 0.0833. The van der Waals surface area contributed by atoms with Crippen LogP contribution in [0.1, 0.15) is 10.4 Å². The van der Waals surface area contributed by atoms with Crippen LogP contribution in [-0.2, 0) is 6.42 Å². The van der Waals surface area contributed by atoms with Crippen molar-refractivity contribution in [3.63, 3.8) is 0 Å². The van der Waals surface area contributed by atoms with Crippen molar-refractivity contribution in [2.45, 2.75) is 6.42 Å². The van der Waals surface area contributed by atoms with Crippen LogP contribution in [0.3, 0.4) is 0 Å². The molecular formula is C12H11N3S2. The lowest BCUT2D eigenvalue weighted by Gasteiger charge is -1.99. The van der Waals surface area contributed by atoms with Gasteiger partial charge in [0.15, 0.2) is 0 Å². The fourth-order valence-electron chi connectivity index (χ4n) is 1.83. The van der Waals surface area contributed by atoms with Gasteiger partial charge < -0.3 is 11.5 Å². The van der Waals surface area contributed by atoms with Gasteiger partial charge in [-0.15, -0.1) is 22.7 Å². The summed E-state index contributed by atoms with van der Waals surface area (Å²) in [6.45, 7) is 0. The van der Waals surface area contributed by atoms with E-state index < -0.39 is 0 Å². The van der Waals surface area contributed by atoms with Gasteiger partial charge in [0.05, 0.1) is 20.9 Å². The van der Waals surface area contributed by atoms with Gasteiger partial charge in [-0.05, 0) is 17.5 Å². The Morgan fingerprint density at radius 3 is 2.88 bits per heavy atom. The zero-order valence-electron chi connectivity index (χ0n) is 9.01. The van der Waals surface area contributed by atoms with Crippen LogP contribution in [0.4, 0.5) is 10.7 Å². The number of fused-ring (bicyclic) bond motifs is 1. The highest BCUT2D eigenvalue weighted by Crippen LogP contribution is 2.37. The van der Waals surface area contributed by atoms with Crippen molar-refractivity contribution in [1.82, 2.24) is 4.98 Å². The van der Waals surface area contributed by atoms with Gasteiger partial charge in [-0.1, -0.05) is 6.07 Å². The SMILES string of the molecule is Nc1sc2c(N)ccnc2c1Cc1cccs1. The maximum absolute atomic E-state index is 6.07. The smallest absolute Gasteiger partial charge is 0.0922 e. The molecule has 0 atom stereocenters. The predicted octanol–water partition coefficient (Wildman–Crippen LogP) is 3.11. The van der Waals surface area contributed by atoms with Crippen LogP contribution in [-0.4, -0.2) is 4.98 Å². The second-order valence-corrected chi connectivity index (χ2v) is 5.86. The molecule has 0 aliphatic rings. The Hall–Kier alpha value is -1.59. The number of rotatable bonds is 2. The van der Waals surface area contributed by atoms with Gasteiger partial charge >= 0.3 is 0 Å². The molecule has 0 saturated heterocycles. The van der Waals surface area contributed by atoms with Gasteiger partial charge in [-0.25, -0.2) is 0 Å². The molecule has 0 aliphatic heterocycles. The highest BCUT2D eigenvalue weighted by Gasteiger charge is 2.13. The fourth-order valence-corrected chi connectivity index (χ4v) is 3.52. The molecule has 3 rings (SSSR count). The summed E-state index contributed by atoms with van der Waals surface area (Å²) >= 11 is 3.25. The second-order valence-electron chi connectivity index (χ2n) is 3.78. The van der Waals surface area contributed by atoms with Gasteiger partial charge in [-0.3, -0.25) is 4.98 Å². The van der Waals surface area contributed by atoms with E-state index >= 15 is 0 Å². The Morgan fingerprint density at radius 1 is 1.24 bits per heavy atom. The lowest BCUT2D eigenvalue weighted by atomic mass is 10.1. The maximum Gasteiger partial charge on any atom is 0.0922 e. The number of nitrogens with two attached hydrogens (primary N) is 2. The average molecular weight is 261 g/mol. The van der Waals surface area contributed by atoms with E-state index in [9.17, 15) is 0 Å². The van der Waals surface area contributed by atoms with Crippen molar-refractivity contribution in [2.75, 3.05) is 11.5 Å². The molecule has 86 valence electrons. The summed E-state index contributed by atoms with van der Waals surface area (Å²) in [6.07, 6.45) is 2.57. The van der Waals surface area contributed by atoms with E-state index in [0.29, 0.717) is 0 Å². The normalized spacial score (nSPS) is 11.1. The third kappa shape index (κ3) is 1.77. The summed E-state index contributed by atoms with van der Waals surface area (Å²) in [5.74, 6) is 0. The molecule has 0 aliphatic carbocycles. The number of nitrogens with zero attached hydrogens (tertiary/aromatic N) is 1. The first-order valence-corrected chi connectivity index (χ1v) is 6.89. The van der Waals surface area contributed by atoms with Crippen LogP contribution in [0.25, 0.3) is 10.2 Å². The lowest BCUT2D eigenvalue weighted by Crippen LogP contribution is -1.91. The summed E-state index contributed by atoms with van der Waals surface area (Å²) in [7, 11) is 0. The summed E-state index contributed by atoms with van der Waals surface area (Å²) in [4.78, 5) is 5.69. The largest absolute Gasteiger partial charge is 0.397 e. The molecule has 0 bridgehead atoms. The Bertz CT molecular complexity index is 656. The predicted molar refractivity (Wildman–Crippen MR) is 75.6 cm³/mol. The van der Waals surface area contributed by atoms with Crippen LogP contribution in [0.2, 0.25) is 0 Å². The van der Waals surface area contributed by atoms with E-state index in [1.54, 1.807) is 17.5 Å². The molecule has 0 spiro atoms. The van der Waals surface area contributed by atoms with E-state index in [1.165, 1.54) is 16.2 Å². The summed E-state index contributed by atoms with van der Waals surface area (Å²) in [5.41, 5.74) is 14.8. The van der Waals surface area contributed by atoms with E-state index in [-0.39, 0.29) is 0 Å². The number of nitrogen functional groups attached to an aromatic ring is 2. The molecule has 4 N–H and O–H groups in total. The van der Waals surface area contributed by atoms with Crippen LogP contribution in [0.5, 0.6) is 0 Å². The maximum atomic E-state index is 6.07. The molecule has 3 aromatic heterocycles. The van der Waals surface area contributed by atoms with Crippen molar-refractivity contribution in [3.05, 3.63) is 40.2 Å². The minimum Gasteiger partial charge on any atom is -0.397 e. The number of anilines is 2. The molecule has 3 heterocycles. The van der Waals surface area contributed by atoms with Crippen LogP contribution in [0.15, 0.2) is 29.8 Å². The highest BCUT2D eigenvalue weighted by molar-refractivity contribution is 7.23. The Labute approximate surface area is 107 Å². The van der Waals surface area contributed by atoms with Crippen molar-refractivity contribution in [2.24, 2.45) is 0 Å². The first-order valence-electron chi connectivity index (χ1n) is 5.19. The summed E-state index contributed by atoms with van der Waals surface area (Å²) < 4.78 is 0.997. The Kier molecular flexibility index (Phi) is 2.49. The van der Waals surface area contributed by atoms with Gasteiger partial charge in [0, 0.05) is 23.1 Å². The van der Waals surface area contributed by atoms with Crippen molar-refractivity contribution >= 4 is 43.6 Å².